The fourth-order valence-corrected chi connectivity index (χ4v) is 1.91. The molecule has 1 amide bonds. The molecule has 0 bridgehead atoms. The fourth-order valence-electron chi connectivity index (χ4n) is 1.91. The summed E-state index contributed by atoms with van der Waals surface area (Å²) in [5.41, 5.74) is 7.51. The maximum Gasteiger partial charge on any atom is 0.223 e. The molecule has 0 unspecified atom stereocenters. The number of rotatable bonds is 7. The SMILES string of the molecule is CCC(CC)C(=O)NCCNc1ncc(C)cc1N. The molecule has 0 aromatic carbocycles. The smallest absolute Gasteiger partial charge is 0.223 e. The van der Waals surface area contributed by atoms with E-state index >= 15 is 0 Å². The van der Waals surface area contributed by atoms with E-state index in [1.807, 2.05) is 26.8 Å². The highest BCUT2D eigenvalue weighted by atomic mass is 16.1. The number of aromatic nitrogens is 1. The molecule has 19 heavy (non-hydrogen) atoms. The van der Waals surface area contributed by atoms with Gasteiger partial charge in [-0.05, 0) is 31.4 Å². The van der Waals surface area contributed by atoms with Gasteiger partial charge in [-0.15, -0.1) is 0 Å². The second-order valence-corrected chi connectivity index (χ2v) is 4.68. The van der Waals surface area contributed by atoms with Crippen LogP contribution in [-0.4, -0.2) is 24.0 Å². The van der Waals surface area contributed by atoms with Gasteiger partial charge in [0.1, 0.15) is 5.82 Å². The van der Waals surface area contributed by atoms with Crippen molar-refractivity contribution in [2.45, 2.75) is 33.6 Å². The van der Waals surface area contributed by atoms with Crippen LogP contribution < -0.4 is 16.4 Å². The summed E-state index contributed by atoms with van der Waals surface area (Å²) in [6.07, 6.45) is 3.52. The molecule has 5 heteroatoms. The molecule has 0 radical (unpaired) electrons. The van der Waals surface area contributed by atoms with Gasteiger partial charge in [-0.2, -0.15) is 0 Å². The lowest BCUT2D eigenvalue weighted by molar-refractivity contribution is -0.125. The summed E-state index contributed by atoms with van der Waals surface area (Å²) in [6, 6.07) is 1.87. The quantitative estimate of drug-likeness (QED) is 0.657. The van der Waals surface area contributed by atoms with Crippen LogP contribution in [0.25, 0.3) is 0 Å². The number of hydrogen-bond acceptors (Lipinski definition) is 4. The normalized spacial score (nSPS) is 10.5. The maximum absolute atomic E-state index is 11.7. The number of anilines is 2. The van der Waals surface area contributed by atoms with Crippen LogP contribution >= 0.6 is 0 Å². The van der Waals surface area contributed by atoms with Crippen molar-refractivity contribution in [3.8, 4) is 0 Å². The zero-order valence-corrected chi connectivity index (χ0v) is 12.0. The summed E-state index contributed by atoms with van der Waals surface area (Å²) in [4.78, 5) is 16.0. The zero-order valence-electron chi connectivity index (χ0n) is 12.0. The largest absolute Gasteiger partial charge is 0.396 e. The Hall–Kier alpha value is -1.78. The molecule has 0 aliphatic heterocycles. The van der Waals surface area contributed by atoms with Crippen molar-refractivity contribution in [2.75, 3.05) is 24.1 Å². The van der Waals surface area contributed by atoms with E-state index < -0.39 is 0 Å². The lowest BCUT2D eigenvalue weighted by Crippen LogP contribution is -2.33. The van der Waals surface area contributed by atoms with Crippen molar-refractivity contribution in [3.63, 3.8) is 0 Å². The number of aryl methyl sites for hydroxylation is 1. The average Bonchev–Trinajstić information content (AvgIpc) is 2.38. The highest BCUT2D eigenvalue weighted by Gasteiger charge is 2.12. The van der Waals surface area contributed by atoms with Crippen LogP contribution in [0.2, 0.25) is 0 Å². The first-order valence-electron chi connectivity index (χ1n) is 6.82. The first-order valence-corrected chi connectivity index (χ1v) is 6.82. The Labute approximate surface area is 115 Å². The van der Waals surface area contributed by atoms with Crippen LogP contribution in [0.1, 0.15) is 32.3 Å². The van der Waals surface area contributed by atoms with E-state index in [9.17, 15) is 4.79 Å². The van der Waals surface area contributed by atoms with Gasteiger partial charge < -0.3 is 16.4 Å². The molecule has 0 fully saturated rings. The van der Waals surface area contributed by atoms with Crippen LogP contribution in [-0.2, 0) is 4.79 Å². The Balaban J connectivity index is 2.33. The molecule has 4 N–H and O–H groups in total. The summed E-state index contributed by atoms with van der Waals surface area (Å²) >= 11 is 0. The number of nitrogens with zero attached hydrogens (tertiary/aromatic N) is 1. The summed E-state index contributed by atoms with van der Waals surface area (Å²) < 4.78 is 0. The molecule has 1 aromatic rings. The average molecular weight is 264 g/mol. The van der Waals surface area contributed by atoms with E-state index in [0.717, 1.165) is 18.4 Å². The molecule has 0 saturated carbocycles. The van der Waals surface area contributed by atoms with Crippen molar-refractivity contribution in [1.82, 2.24) is 10.3 Å². The van der Waals surface area contributed by atoms with Gasteiger partial charge in [-0.3, -0.25) is 4.79 Å². The molecule has 0 atom stereocenters. The van der Waals surface area contributed by atoms with Crippen LogP contribution in [0.15, 0.2) is 12.3 Å². The number of hydrogen-bond donors (Lipinski definition) is 3. The lowest BCUT2D eigenvalue weighted by Gasteiger charge is -2.13. The molecular formula is C14H24N4O. The minimum absolute atomic E-state index is 0.113. The van der Waals surface area contributed by atoms with Gasteiger partial charge in [0.15, 0.2) is 0 Å². The van der Waals surface area contributed by atoms with E-state index in [2.05, 4.69) is 15.6 Å². The van der Waals surface area contributed by atoms with E-state index in [0.29, 0.717) is 24.6 Å². The number of nitrogens with one attached hydrogen (secondary N) is 2. The van der Waals surface area contributed by atoms with Gasteiger partial charge in [-0.1, -0.05) is 13.8 Å². The van der Waals surface area contributed by atoms with Crippen LogP contribution in [0, 0.1) is 12.8 Å². The molecule has 0 aliphatic rings. The second-order valence-electron chi connectivity index (χ2n) is 4.68. The summed E-state index contributed by atoms with van der Waals surface area (Å²) in [5.74, 6) is 0.904. The predicted molar refractivity (Wildman–Crippen MR) is 79.0 cm³/mol. The third-order valence-electron chi connectivity index (χ3n) is 3.13. The van der Waals surface area contributed by atoms with Gasteiger partial charge in [0.25, 0.3) is 0 Å². The minimum Gasteiger partial charge on any atom is -0.396 e. The van der Waals surface area contributed by atoms with Gasteiger partial charge >= 0.3 is 0 Å². The van der Waals surface area contributed by atoms with Gasteiger partial charge in [0, 0.05) is 25.2 Å². The summed E-state index contributed by atoms with van der Waals surface area (Å²) in [7, 11) is 0. The fraction of sp³-hybridized carbons (Fsp3) is 0.571. The Morgan fingerprint density at radius 1 is 1.37 bits per heavy atom. The molecule has 1 heterocycles. The molecule has 0 saturated heterocycles. The number of nitrogen functional groups attached to an aromatic ring is 1. The first-order chi connectivity index (χ1) is 9.08. The second kappa shape index (κ2) is 7.61. The van der Waals surface area contributed by atoms with Crippen LogP contribution in [0.4, 0.5) is 11.5 Å². The first kappa shape index (κ1) is 15.3. The number of amides is 1. The lowest BCUT2D eigenvalue weighted by atomic mass is 10.0. The molecule has 0 aliphatic carbocycles. The topological polar surface area (TPSA) is 80.0 Å². The van der Waals surface area contributed by atoms with Gasteiger partial charge in [0.2, 0.25) is 5.91 Å². The Kier molecular flexibility index (Phi) is 6.12. The number of nitrogens with two attached hydrogens (primary N) is 1. The number of carbonyl (C=O) groups is 1. The van der Waals surface area contributed by atoms with Crippen molar-refractivity contribution in [3.05, 3.63) is 17.8 Å². The van der Waals surface area contributed by atoms with Crippen molar-refractivity contribution in [2.24, 2.45) is 5.92 Å². The molecule has 5 nitrogen and oxygen atoms in total. The van der Waals surface area contributed by atoms with E-state index in [1.54, 1.807) is 6.20 Å². The summed E-state index contributed by atoms with van der Waals surface area (Å²) in [5, 5.41) is 6.04. The molecule has 0 spiro atoms. The number of pyridine rings is 1. The van der Waals surface area contributed by atoms with Crippen molar-refractivity contribution >= 4 is 17.4 Å². The highest BCUT2D eigenvalue weighted by Crippen LogP contribution is 2.15. The Morgan fingerprint density at radius 3 is 2.63 bits per heavy atom. The zero-order chi connectivity index (χ0) is 14.3. The summed E-state index contributed by atoms with van der Waals surface area (Å²) in [6.45, 7) is 7.20. The Bertz CT molecular complexity index is 416. The molecule has 1 rings (SSSR count). The van der Waals surface area contributed by atoms with Crippen molar-refractivity contribution < 1.29 is 4.79 Å². The van der Waals surface area contributed by atoms with E-state index in [1.165, 1.54) is 0 Å². The van der Waals surface area contributed by atoms with Crippen LogP contribution in [0.3, 0.4) is 0 Å². The molecule has 1 aromatic heterocycles. The van der Waals surface area contributed by atoms with Gasteiger partial charge in [-0.25, -0.2) is 4.98 Å². The predicted octanol–water partition coefficient (Wildman–Crippen LogP) is 1.94. The van der Waals surface area contributed by atoms with Crippen LogP contribution in [0.5, 0.6) is 0 Å². The van der Waals surface area contributed by atoms with Crippen molar-refractivity contribution in [1.29, 1.82) is 0 Å². The third-order valence-corrected chi connectivity index (χ3v) is 3.13. The minimum atomic E-state index is 0.113. The Morgan fingerprint density at radius 2 is 2.05 bits per heavy atom. The standard InChI is InChI=1S/C14H24N4O/c1-4-11(5-2)14(19)17-7-6-16-13-12(15)8-10(3)9-18-13/h8-9,11H,4-7,15H2,1-3H3,(H,16,18)(H,17,19). The monoisotopic (exact) mass is 264 g/mol. The number of carbonyl (C=O) groups excluding carboxylic acids is 1. The molecule has 106 valence electrons. The maximum atomic E-state index is 11.7. The third kappa shape index (κ3) is 4.77. The van der Waals surface area contributed by atoms with E-state index in [-0.39, 0.29) is 11.8 Å². The van der Waals surface area contributed by atoms with E-state index in [4.69, 9.17) is 5.73 Å². The van der Waals surface area contributed by atoms with Gasteiger partial charge in [0.05, 0.1) is 5.69 Å². The highest BCUT2D eigenvalue weighted by molar-refractivity contribution is 5.78. The molecular weight excluding hydrogens is 240 g/mol.